The average molecular weight is 320 g/mol. The fourth-order valence-corrected chi connectivity index (χ4v) is 2.91. The van der Waals surface area contributed by atoms with Gasteiger partial charge in [0.15, 0.2) is 5.92 Å². The van der Waals surface area contributed by atoms with Gasteiger partial charge in [0.25, 0.3) is 0 Å². The van der Waals surface area contributed by atoms with Crippen molar-refractivity contribution in [3.63, 3.8) is 0 Å². The molecule has 3 aromatic rings. The fourth-order valence-electron chi connectivity index (χ4n) is 2.04. The smallest absolute Gasteiger partial charge is 0.248 e. The number of aromatic nitrogens is 2. The predicted molar refractivity (Wildman–Crippen MR) is 88.8 cm³/mol. The Labute approximate surface area is 137 Å². The van der Waals surface area contributed by atoms with Crippen molar-refractivity contribution in [1.82, 2.24) is 9.97 Å². The first-order valence-electron chi connectivity index (χ1n) is 6.89. The van der Waals surface area contributed by atoms with E-state index in [-0.39, 0.29) is 0 Å². The third-order valence-electron chi connectivity index (χ3n) is 3.16. The highest BCUT2D eigenvalue weighted by atomic mass is 32.1. The summed E-state index contributed by atoms with van der Waals surface area (Å²) in [5.74, 6) is -1.35. The van der Waals surface area contributed by atoms with Crippen molar-refractivity contribution in [2.75, 3.05) is 5.32 Å². The average Bonchev–Trinajstić information content (AvgIpc) is 3.07. The molecule has 0 saturated heterocycles. The summed E-state index contributed by atoms with van der Waals surface area (Å²) in [5.41, 5.74) is 2.27. The molecule has 0 radical (unpaired) electrons. The van der Waals surface area contributed by atoms with Crippen molar-refractivity contribution in [2.24, 2.45) is 0 Å². The molecule has 0 spiro atoms. The van der Waals surface area contributed by atoms with Crippen molar-refractivity contribution in [3.05, 3.63) is 65.2 Å². The molecule has 0 fully saturated rings. The molecule has 3 rings (SSSR count). The summed E-state index contributed by atoms with van der Waals surface area (Å²) in [6.45, 7) is 0. The van der Waals surface area contributed by atoms with Gasteiger partial charge in [-0.05, 0) is 12.1 Å². The molecule has 0 aliphatic carbocycles. The van der Waals surface area contributed by atoms with Crippen LogP contribution in [0.2, 0.25) is 0 Å². The van der Waals surface area contributed by atoms with E-state index < -0.39 is 11.8 Å². The second-order valence-corrected chi connectivity index (χ2v) is 5.62. The zero-order valence-electron chi connectivity index (χ0n) is 12.0. The summed E-state index contributed by atoms with van der Waals surface area (Å²) in [6, 6.07) is 15.1. The minimum absolute atomic E-state index is 0.408. The van der Waals surface area contributed by atoms with Gasteiger partial charge in [-0.1, -0.05) is 30.3 Å². The second kappa shape index (κ2) is 6.81. The number of hydrogen-bond acceptors (Lipinski definition) is 5. The number of benzene rings is 1. The van der Waals surface area contributed by atoms with Crippen LogP contribution in [0.25, 0.3) is 11.3 Å². The summed E-state index contributed by atoms with van der Waals surface area (Å²) in [4.78, 5) is 20.7. The molecule has 0 unspecified atom stereocenters. The molecule has 2 heterocycles. The Morgan fingerprint density at radius 3 is 2.74 bits per heavy atom. The van der Waals surface area contributed by atoms with Gasteiger partial charge < -0.3 is 5.32 Å². The summed E-state index contributed by atoms with van der Waals surface area (Å²) < 4.78 is 0. The first-order valence-corrected chi connectivity index (χ1v) is 7.77. The number of pyridine rings is 1. The molecule has 5 nitrogen and oxygen atoms in total. The highest BCUT2D eigenvalue weighted by molar-refractivity contribution is 7.10. The molecule has 1 atom stereocenters. The lowest BCUT2D eigenvalue weighted by Gasteiger charge is -2.07. The van der Waals surface area contributed by atoms with E-state index in [1.807, 2.05) is 41.8 Å². The molecule has 1 N–H and O–H groups in total. The van der Waals surface area contributed by atoms with Crippen LogP contribution in [-0.4, -0.2) is 15.9 Å². The van der Waals surface area contributed by atoms with Crippen LogP contribution in [0.15, 0.2) is 60.2 Å². The topological polar surface area (TPSA) is 78.7 Å². The van der Waals surface area contributed by atoms with Crippen molar-refractivity contribution in [2.45, 2.75) is 5.92 Å². The number of amides is 1. The minimum atomic E-state index is -0.947. The van der Waals surface area contributed by atoms with Gasteiger partial charge in [-0.2, -0.15) is 5.26 Å². The summed E-state index contributed by atoms with van der Waals surface area (Å²) >= 11 is 1.31. The first-order chi connectivity index (χ1) is 11.3. The zero-order valence-corrected chi connectivity index (χ0v) is 12.8. The maximum absolute atomic E-state index is 12.3. The Balaban J connectivity index is 1.80. The Kier molecular flexibility index (Phi) is 4.41. The maximum atomic E-state index is 12.3. The number of thiazole rings is 1. The molecule has 1 amide bonds. The van der Waals surface area contributed by atoms with E-state index in [2.05, 4.69) is 15.3 Å². The van der Waals surface area contributed by atoms with Gasteiger partial charge in [-0.25, -0.2) is 4.98 Å². The molecule has 0 aliphatic rings. The first kappa shape index (κ1) is 14.9. The van der Waals surface area contributed by atoms with E-state index in [0.29, 0.717) is 10.7 Å². The lowest BCUT2D eigenvalue weighted by molar-refractivity contribution is -0.116. The van der Waals surface area contributed by atoms with Gasteiger partial charge in [-0.15, -0.1) is 11.3 Å². The number of rotatable bonds is 4. The number of nitrogens with one attached hydrogen (secondary N) is 1. The fraction of sp³-hybridized carbons (Fsp3) is 0.0588. The van der Waals surface area contributed by atoms with Crippen LogP contribution < -0.4 is 5.32 Å². The Bertz CT molecular complexity index is 840. The zero-order chi connectivity index (χ0) is 16.1. The van der Waals surface area contributed by atoms with E-state index >= 15 is 0 Å². The van der Waals surface area contributed by atoms with E-state index in [1.165, 1.54) is 17.5 Å². The van der Waals surface area contributed by atoms with Gasteiger partial charge in [-0.3, -0.25) is 9.78 Å². The van der Waals surface area contributed by atoms with Crippen molar-refractivity contribution in [3.8, 4) is 17.3 Å². The van der Waals surface area contributed by atoms with E-state index in [0.717, 1.165) is 11.3 Å². The monoisotopic (exact) mass is 320 g/mol. The Hall–Kier alpha value is -3.04. The van der Waals surface area contributed by atoms with Gasteiger partial charge in [0.1, 0.15) is 5.01 Å². The third kappa shape index (κ3) is 3.42. The van der Waals surface area contributed by atoms with Crippen LogP contribution in [0.5, 0.6) is 0 Å². The van der Waals surface area contributed by atoms with Gasteiger partial charge in [0.2, 0.25) is 5.91 Å². The molecule has 23 heavy (non-hydrogen) atoms. The number of hydrogen-bond donors (Lipinski definition) is 1. The molecule has 0 aliphatic heterocycles. The largest absolute Gasteiger partial charge is 0.323 e. The summed E-state index contributed by atoms with van der Waals surface area (Å²) in [6.07, 6.45) is 3.15. The highest BCUT2D eigenvalue weighted by Crippen LogP contribution is 2.27. The Morgan fingerprint density at radius 1 is 1.22 bits per heavy atom. The molecule has 6 heteroatoms. The third-order valence-corrected chi connectivity index (χ3v) is 4.07. The molecular formula is C17H12N4OS. The number of nitriles is 1. The number of carbonyl (C=O) groups is 1. The second-order valence-electron chi connectivity index (χ2n) is 4.73. The van der Waals surface area contributed by atoms with Crippen LogP contribution in [-0.2, 0) is 4.79 Å². The lowest BCUT2D eigenvalue weighted by atomic mass is 10.1. The summed E-state index contributed by atoms with van der Waals surface area (Å²) in [5, 5.41) is 14.4. The highest BCUT2D eigenvalue weighted by Gasteiger charge is 2.24. The van der Waals surface area contributed by atoms with E-state index in [1.54, 1.807) is 18.3 Å². The molecule has 2 aromatic heterocycles. The van der Waals surface area contributed by atoms with E-state index in [4.69, 9.17) is 0 Å². The van der Waals surface area contributed by atoms with Crippen LogP contribution in [0.1, 0.15) is 10.9 Å². The number of carbonyl (C=O) groups excluding carboxylic acids is 1. The van der Waals surface area contributed by atoms with Crippen LogP contribution in [0.3, 0.4) is 0 Å². The Morgan fingerprint density at radius 2 is 2.04 bits per heavy atom. The van der Waals surface area contributed by atoms with Crippen LogP contribution >= 0.6 is 11.3 Å². The maximum Gasteiger partial charge on any atom is 0.248 e. The van der Waals surface area contributed by atoms with Crippen molar-refractivity contribution in [1.29, 1.82) is 5.26 Å². The molecule has 1 aromatic carbocycles. The quantitative estimate of drug-likeness (QED) is 0.798. The van der Waals surface area contributed by atoms with Gasteiger partial charge in [0, 0.05) is 17.1 Å². The molecule has 0 bridgehead atoms. The molecule has 112 valence electrons. The van der Waals surface area contributed by atoms with Gasteiger partial charge in [0.05, 0.1) is 23.6 Å². The normalized spacial score (nSPS) is 11.4. The van der Waals surface area contributed by atoms with Gasteiger partial charge >= 0.3 is 0 Å². The van der Waals surface area contributed by atoms with Crippen LogP contribution in [0, 0.1) is 11.3 Å². The number of nitrogens with zero attached hydrogens (tertiary/aromatic N) is 3. The molecular weight excluding hydrogens is 308 g/mol. The lowest BCUT2D eigenvalue weighted by Crippen LogP contribution is -2.20. The van der Waals surface area contributed by atoms with Crippen LogP contribution in [0.4, 0.5) is 5.69 Å². The predicted octanol–water partition coefficient (Wildman–Crippen LogP) is 3.45. The van der Waals surface area contributed by atoms with Crippen molar-refractivity contribution < 1.29 is 4.79 Å². The van der Waals surface area contributed by atoms with Crippen molar-refractivity contribution >= 4 is 22.9 Å². The summed E-state index contributed by atoms with van der Waals surface area (Å²) in [7, 11) is 0. The van der Waals surface area contributed by atoms with E-state index in [9.17, 15) is 10.1 Å². The molecule has 0 saturated carbocycles. The number of anilines is 1. The SMILES string of the molecule is N#C[C@@H](C(=O)Nc1cccnc1)c1nc(-c2ccccc2)cs1. The minimum Gasteiger partial charge on any atom is -0.323 e. The standard InChI is InChI=1S/C17H12N4OS/c18-9-14(16(22)20-13-7-4-8-19-10-13)17-21-15(11-23-17)12-5-2-1-3-6-12/h1-8,10-11,14H,(H,20,22)/t14-/m0/s1.